The van der Waals surface area contributed by atoms with Crippen LogP contribution in [-0.2, 0) is 14.3 Å². The molecule has 0 aliphatic heterocycles. The number of hydrogen-bond acceptors (Lipinski definition) is 4. The van der Waals surface area contributed by atoms with Crippen molar-refractivity contribution in [2.24, 2.45) is 11.8 Å². The lowest BCUT2D eigenvalue weighted by atomic mass is 10.2. The summed E-state index contributed by atoms with van der Waals surface area (Å²) < 4.78 is 10.3. The summed E-state index contributed by atoms with van der Waals surface area (Å²) in [6, 6.07) is 7.28. The molecule has 1 saturated carbocycles. The second-order valence-corrected chi connectivity index (χ2v) is 5.15. The lowest BCUT2D eigenvalue weighted by Gasteiger charge is -2.11. The van der Waals surface area contributed by atoms with E-state index in [1.165, 1.54) is 0 Å². The molecular formula is C16H22N2O4. The SMILES string of the molecule is CCOc1ccccc1NC(=O)C1CC1C(=O)NCCOC. The largest absolute Gasteiger partial charge is 0.492 e. The number of methoxy groups -OCH3 is 1. The number of carbonyl (C=O) groups is 2. The van der Waals surface area contributed by atoms with Crippen LogP contribution >= 0.6 is 0 Å². The summed E-state index contributed by atoms with van der Waals surface area (Å²) in [4.78, 5) is 24.1. The summed E-state index contributed by atoms with van der Waals surface area (Å²) >= 11 is 0. The first-order valence-electron chi connectivity index (χ1n) is 7.46. The van der Waals surface area contributed by atoms with Crippen LogP contribution in [0.2, 0.25) is 0 Å². The van der Waals surface area contributed by atoms with Crippen molar-refractivity contribution in [1.29, 1.82) is 0 Å². The summed E-state index contributed by atoms with van der Waals surface area (Å²) in [6.45, 7) is 3.35. The molecule has 2 unspecified atom stereocenters. The zero-order valence-corrected chi connectivity index (χ0v) is 12.9. The molecule has 1 aliphatic rings. The van der Waals surface area contributed by atoms with E-state index in [2.05, 4.69) is 10.6 Å². The molecule has 0 radical (unpaired) electrons. The highest BCUT2D eigenvalue weighted by atomic mass is 16.5. The van der Waals surface area contributed by atoms with Crippen LogP contribution < -0.4 is 15.4 Å². The van der Waals surface area contributed by atoms with Crippen LogP contribution in [0.5, 0.6) is 5.75 Å². The normalized spacial score (nSPS) is 19.4. The van der Waals surface area contributed by atoms with Crippen molar-refractivity contribution in [1.82, 2.24) is 5.32 Å². The van der Waals surface area contributed by atoms with Crippen LogP contribution in [-0.4, -0.2) is 38.7 Å². The molecular weight excluding hydrogens is 284 g/mol. The van der Waals surface area contributed by atoms with Gasteiger partial charge in [0.1, 0.15) is 5.75 Å². The minimum atomic E-state index is -0.266. The smallest absolute Gasteiger partial charge is 0.228 e. The second-order valence-electron chi connectivity index (χ2n) is 5.15. The summed E-state index contributed by atoms with van der Waals surface area (Å²) in [6.07, 6.45) is 0.585. The van der Waals surface area contributed by atoms with E-state index >= 15 is 0 Å². The number of para-hydroxylation sites is 2. The Morgan fingerprint density at radius 1 is 1.23 bits per heavy atom. The second kappa shape index (κ2) is 7.79. The van der Waals surface area contributed by atoms with Crippen LogP contribution in [0.1, 0.15) is 13.3 Å². The molecule has 2 atom stereocenters. The van der Waals surface area contributed by atoms with Gasteiger partial charge in [0.15, 0.2) is 0 Å². The molecule has 1 aliphatic carbocycles. The standard InChI is InChI=1S/C16H22N2O4/c1-3-22-14-7-5-4-6-13(14)18-16(20)12-10-11(12)15(19)17-8-9-21-2/h4-7,11-12H,3,8-10H2,1-2H3,(H,17,19)(H,18,20). The van der Waals surface area contributed by atoms with Gasteiger partial charge in [0.05, 0.1) is 30.7 Å². The van der Waals surface area contributed by atoms with Gasteiger partial charge in [-0.1, -0.05) is 12.1 Å². The number of anilines is 1. The van der Waals surface area contributed by atoms with Crippen molar-refractivity contribution in [3.63, 3.8) is 0 Å². The van der Waals surface area contributed by atoms with Gasteiger partial charge in [-0.15, -0.1) is 0 Å². The molecule has 120 valence electrons. The average Bonchev–Trinajstić information content (AvgIpc) is 3.30. The van der Waals surface area contributed by atoms with Crippen molar-refractivity contribution in [3.8, 4) is 5.75 Å². The number of carbonyl (C=O) groups excluding carboxylic acids is 2. The van der Waals surface area contributed by atoms with Crippen molar-refractivity contribution in [2.75, 3.05) is 32.2 Å². The maximum absolute atomic E-state index is 12.2. The van der Waals surface area contributed by atoms with E-state index < -0.39 is 0 Å². The zero-order valence-electron chi connectivity index (χ0n) is 12.9. The Hall–Kier alpha value is -2.08. The molecule has 0 saturated heterocycles. The maximum Gasteiger partial charge on any atom is 0.228 e. The molecule has 0 spiro atoms. The van der Waals surface area contributed by atoms with Crippen LogP contribution in [0.25, 0.3) is 0 Å². The maximum atomic E-state index is 12.2. The Labute approximate surface area is 130 Å². The highest BCUT2D eigenvalue weighted by Gasteiger charge is 2.48. The number of hydrogen-bond donors (Lipinski definition) is 2. The Kier molecular flexibility index (Phi) is 5.77. The number of amides is 2. The van der Waals surface area contributed by atoms with E-state index in [1.807, 2.05) is 19.1 Å². The molecule has 0 aromatic heterocycles. The van der Waals surface area contributed by atoms with Gasteiger partial charge in [-0.05, 0) is 25.5 Å². The molecule has 1 fully saturated rings. The van der Waals surface area contributed by atoms with Gasteiger partial charge in [-0.2, -0.15) is 0 Å². The third-order valence-corrected chi connectivity index (χ3v) is 3.51. The predicted octanol–water partition coefficient (Wildman–Crippen LogP) is 1.42. The van der Waals surface area contributed by atoms with Gasteiger partial charge in [-0.3, -0.25) is 9.59 Å². The fourth-order valence-corrected chi connectivity index (χ4v) is 2.26. The van der Waals surface area contributed by atoms with Crippen LogP contribution in [0.15, 0.2) is 24.3 Å². The van der Waals surface area contributed by atoms with E-state index in [-0.39, 0.29) is 23.7 Å². The molecule has 2 amide bonds. The monoisotopic (exact) mass is 306 g/mol. The fraction of sp³-hybridized carbons (Fsp3) is 0.500. The molecule has 22 heavy (non-hydrogen) atoms. The summed E-state index contributed by atoms with van der Waals surface area (Å²) in [5.41, 5.74) is 0.639. The van der Waals surface area contributed by atoms with Gasteiger partial charge in [0.2, 0.25) is 11.8 Å². The van der Waals surface area contributed by atoms with E-state index in [4.69, 9.17) is 9.47 Å². The quantitative estimate of drug-likeness (QED) is 0.712. The highest BCUT2D eigenvalue weighted by molar-refractivity contribution is 6.00. The first kappa shape index (κ1) is 16.3. The molecule has 0 heterocycles. The number of ether oxygens (including phenoxy) is 2. The van der Waals surface area contributed by atoms with Crippen LogP contribution in [0.3, 0.4) is 0 Å². The predicted molar refractivity (Wildman–Crippen MR) is 82.7 cm³/mol. The Morgan fingerprint density at radius 3 is 2.68 bits per heavy atom. The Bertz CT molecular complexity index is 533. The zero-order chi connectivity index (χ0) is 15.9. The Morgan fingerprint density at radius 2 is 1.95 bits per heavy atom. The third-order valence-electron chi connectivity index (χ3n) is 3.51. The van der Waals surface area contributed by atoms with Gasteiger partial charge < -0.3 is 20.1 Å². The van der Waals surface area contributed by atoms with Crippen molar-refractivity contribution in [3.05, 3.63) is 24.3 Å². The Balaban J connectivity index is 1.85. The minimum absolute atomic E-state index is 0.0877. The van der Waals surface area contributed by atoms with E-state index in [0.29, 0.717) is 37.6 Å². The van der Waals surface area contributed by atoms with E-state index in [1.54, 1.807) is 19.2 Å². The molecule has 2 N–H and O–H groups in total. The fourth-order valence-electron chi connectivity index (χ4n) is 2.26. The molecule has 0 bridgehead atoms. The van der Waals surface area contributed by atoms with Gasteiger partial charge in [0.25, 0.3) is 0 Å². The molecule has 2 rings (SSSR count). The molecule has 6 nitrogen and oxygen atoms in total. The first-order chi connectivity index (χ1) is 10.7. The van der Waals surface area contributed by atoms with Crippen molar-refractivity contribution < 1.29 is 19.1 Å². The van der Waals surface area contributed by atoms with Gasteiger partial charge in [0, 0.05) is 13.7 Å². The molecule has 1 aromatic carbocycles. The topological polar surface area (TPSA) is 76.7 Å². The number of nitrogens with one attached hydrogen (secondary N) is 2. The molecule has 6 heteroatoms. The molecule has 1 aromatic rings. The minimum Gasteiger partial charge on any atom is -0.492 e. The lowest BCUT2D eigenvalue weighted by Crippen LogP contribution is -2.30. The van der Waals surface area contributed by atoms with E-state index in [9.17, 15) is 9.59 Å². The van der Waals surface area contributed by atoms with Crippen molar-refractivity contribution in [2.45, 2.75) is 13.3 Å². The van der Waals surface area contributed by atoms with Gasteiger partial charge in [-0.25, -0.2) is 0 Å². The average molecular weight is 306 g/mol. The summed E-state index contributed by atoms with van der Waals surface area (Å²) in [5.74, 6) is -0.0947. The lowest BCUT2D eigenvalue weighted by molar-refractivity contribution is -0.125. The number of rotatable bonds is 8. The third kappa shape index (κ3) is 4.21. The summed E-state index contributed by atoms with van der Waals surface area (Å²) in [7, 11) is 1.58. The number of benzene rings is 1. The van der Waals surface area contributed by atoms with Crippen LogP contribution in [0, 0.1) is 11.8 Å². The van der Waals surface area contributed by atoms with Crippen LogP contribution in [0.4, 0.5) is 5.69 Å². The van der Waals surface area contributed by atoms with E-state index in [0.717, 1.165) is 0 Å². The highest BCUT2D eigenvalue weighted by Crippen LogP contribution is 2.40. The first-order valence-corrected chi connectivity index (χ1v) is 7.46. The summed E-state index contributed by atoms with van der Waals surface area (Å²) in [5, 5.41) is 5.60. The van der Waals surface area contributed by atoms with Crippen molar-refractivity contribution >= 4 is 17.5 Å². The van der Waals surface area contributed by atoms with Gasteiger partial charge >= 0.3 is 0 Å².